The van der Waals surface area contributed by atoms with Crippen LogP contribution < -0.4 is 5.32 Å². The fraction of sp³-hybridized carbons (Fsp3) is 0.933. The zero-order chi connectivity index (χ0) is 40.6. The minimum absolute atomic E-state index is 0.0295. The summed E-state index contributed by atoms with van der Waals surface area (Å²) in [5.74, 6) is -0.0471. The van der Waals surface area contributed by atoms with E-state index in [1.807, 2.05) is 18.7 Å². The number of fused-ring (bicyclic) bond motifs is 7. The maximum absolute atomic E-state index is 13.6. The normalized spacial score (nSPS) is 47.4. The van der Waals surface area contributed by atoms with Crippen LogP contribution in [0.3, 0.4) is 0 Å². The molecule has 1 aliphatic heterocycles. The van der Waals surface area contributed by atoms with Gasteiger partial charge in [-0.05, 0) is 140 Å². The molecule has 0 radical (unpaired) electrons. The molecule has 11 heteroatoms. The highest BCUT2D eigenvalue weighted by atomic mass is 32.2. The van der Waals surface area contributed by atoms with Crippen molar-refractivity contribution in [1.29, 1.82) is 0 Å². The zero-order valence-electron chi connectivity index (χ0n) is 35.6. The Hall–Kier alpha value is -1.72. The van der Waals surface area contributed by atoms with E-state index in [2.05, 4.69) is 46.9 Å². The predicted octanol–water partition coefficient (Wildman–Crippen LogP) is 7.05. The second kappa shape index (κ2) is 13.1. The molecule has 1 saturated heterocycles. The van der Waals surface area contributed by atoms with Crippen molar-refractivity contribution in [3.05, 3.63) is 0 Å². The van der Waals surface area contributed by atoms with Crippen LogP contribution in [0.4, 0.5) is 0 Å². The molecule has 1 unspecified atom stereocenters. The highest BCUT2D eigenvalue weighted by Gasteiger charge is 2.72. The molecule has 0 amide bonds. The predicted molar refractivity (Wildman–Crippen MR) is 214 cm³/mol. The number of carbonyl (C=O) groups is 3. The Kier molecular flexibility index (Phi) is 9.63. The monoisotopic (exact) mass is 801 g/mol. The van der Waals surface area contributed by atoms with Gasteiger partial charge in [0, 0.05) is 30.6 Å². The number of sulfone groups is 1. The molecule has 0 aromatic heterocycles. The molecule has 1 heterocycles. The van der Waals surface area contributed by atoms with Gasteiger partial charge < -0.3 is 20.3 Å². The number of esters is 1. The molecule has 0 spiro atoms. The van der Waals surface area contributed by atoms with Gasteiger partial charge in [0.05, 0.1) is 23.3 Å². The van der Waals surface area contributed by atoms with Gasteiger partial charge in [0.25, 0.3) is 0 Å². The van der Waals surface area contributed by atoms with Gasteiger partial charge in [0.2, 0.25) is 0 Å². The molecule has 0 aromatic carbocycles. The lowest BCUT2D eigenvalue weighted by Crippen LogP contribution is -2.69. The van der Waals surface area contributed by atoms with Crippen LogP contribution in [0.15, 0.2) is 0 Å². The molecule has 0 aromatic rings. The smallest absolute Gasteiger partial charge is 0.322 e. The van der Waals surface area contributed by atoms with E-state index in [-0.39, 0.29) is 69.8 Å². The van der Waals surface area contributed by atoms with Crippen LogP contribution in [0.1, 0.15) is 139 Å². The first kappa shape index (κ1) is 41.0. The number of carboxylic acids is 2. The Bertz CT molecular complexity index is 1730. The molecular weight excluding hydrogens is 729 g/mol. The fourth-order valence-electron chi connectivity index (χ4n) is 16.1. The summed E-state index contributed by atoms with van der Waals surface area (Å²) in [6, 6.07) is -0.729. The molecule has 0 bridgehead atoms. The van der Waals surface area contributed by atoms with Gasteiger partial charge in [0.15, 0.2) is 9.84 Å². The molecule has 316 valence electrons. The van der Waals surface area contributed by atoms with Crippen LogP contribution >= 0.6 is 0 Å². The molecule has 56 heavy (non-hydrogen) atoms. The average molecular weight is 801 g/mol. The third-order valence-corrected chi connectivity index (χ3v) is 21.8. The lowest BCUT2D eigenvalue weighted by atomic mass is 9.32. The van der Waals surface area contributed by atoms with Crippen molar-refractivity contribution in [2.24, 2.45) is 73.9 Å². The van der Waals surface area contributed by atoms with Crippen LogP contribution in [0.25, 0.3) is 0 Å². The minimum atomic E-state index is -3.11. The maximum Gasteiger partial charge on any atom is 0.322 e. The van der Waals surface area contributed by atoms with Gasteiger partial charge in [-0.25, -0.2) is 8.42 Å². The third-order valence-electron chi connectivity index (χ3n) is 20.2. The first-order valence-electron chi connectivity index (χ1n) is 22.3. The first-order valence-corrected chi connectivity index (χ1v) is 24.1. The highest BCUT2D eigenvalue weighted by molar-refractivity contribution is 7.91. The largest absolute Gasteiger partial charge is 0.481 e. The summed E-state index contributed by atoms with van der Waals surface area (Å²) < 4.78 is 30.9. The van der Waals surface area contributed by atoms with Crippen LogP contribution in [-0.4, -0.2) is 90.3 Å². The molecule has 7 aliphatic carbocycles. The summed E-state index contributed by atoms with van der Waals surface area (Å²) in [6.45, 7) is 19.8. The third kappa shape index (κ3) is 5.93. The van der Waals surface area contributed by atoms with Crippen LogP contribution in [0.5, 0.6) is 0 Å². The number of carboxylic acid groups (broad SMARTS) is 2. The number of carbonyl (C=O) groups excluding carboxylic acids is 1. The number of hydrogen-bond donors (Lipinski definition) is 3. The lowest BCUT2D eigenvalue weighted by molar-refractivity contribution is -0.250. The molecule has 13 atom stereocenters. The van der Waals surface area contributed by atoms with Gasteiger partial charge in [-0.15, -0.1) is 0 Å². The van der Waals surface area contributed by atoms with E-state index < -0.39 is 39.2 Å². The molecule has 8 aliphatic rings. The van der Waals surface area contributed by atoms with Crippen LogP contribution in [0, 0.1) is 73.9 Å². The topological polar surface area (TPSA) is 150 Å². The first-order chi connectivity index (χ1) is 26.0. The van der Waals surface area contributed by atoms with Crippen molar-refractivity contribution < 1.29 is 37.8 Å². The van der Waals surface area contributed by atoms with Crippen LogP contribution in [-0.2, 0) is 29.0 Å². The van der Waals surface area contributed by atoms with Gasteiger partial charge in [0.1, 0.15) is 12.1 Å². The van der Waals surface area contributed by atoms with Gasteiger partial charge in [-0.1, -0.05) is 55.4 Å². The minimum Gasteiger partial charge on any atom is -0.481 e. The summed E-state index contributed by atoms with van der Waals surface area (Å²) in [6.07, 6.45) is 13.8. The molecule has 8 rings (SSSR count). The Balaban J connectivity index is 1.02. The molecule has 10 nitrogen and oxygen atoms in total. The van der Waals surface area contributed by atoms with E-state index in [1.54, 1.807) is 0 Å². The van der Waals surface area contributed by atoms with E-state index in [1.165, 1.54) is 38.5 Å². The zero-order valence-corrected chi connectivity index (χ0v) is 36.4. The molecule has 8 fully saturated rings. The highest BCUT2D eigenvalue weighted by Crippen LogP contribution is 2.78. The van der Waals surface area contributed by atoms with Crippen molar-refractivity contribution in [2.45, 2.75) is 157 Å². The lowest BCUT2D eigenvalue weighted by Gasteiger charge is -2.73. The van der Waals surface area contributed by atoms with Gasteiger partial charge in [-0.2, -0.15) is 0 Å². The number of aliphatic carboxylic acids is 2. The standard InChI is InChI=1S/C45H72N2O8S/c1-39(2)29(36(48)49)25-30(39)38(52)55-34-13-14-42(6)32(40(34,3)4)12-15-44(8)33(42)10-9-28-35-27(41(5)17-18-41)11-16-45(35,20-19-43(28,44)7)46-26-31(37(50)51)47-21-23-56(53,54)24-22-47/h27-35,46H,9-26H2,1-8H3,(H,48,49)(H,50,51)/t27-,28-,29+,30-,31?,32+,33-,34+,35-,42+,43-,44-,45+/m1/s1. The van der Waals surface area contributed by atoms with Gasteiger partial charge in [-0.3, -0.25) is 19.3 Å². The summed E-state index contributed by atoms with van der Waals surface area (Å²) in [4.78, 5) is 40.1. The summed E-state index contributed by atoms with van der Waals surface area (Å²) in [5, 5.41) is 24.1. The van der Waals surface area contributed by atoms with E-state index >= 15 is 0 Å². The van der Waals surface area contributed by atoms with E-state index in [0.29, 0.717) is 48.0 Å². The Morgan fingerprint density at radius 1 is 0.732 bits per heavy atom. The average Bonchev–Trinajstić information content (AvgIpc) is 3.72. The Labute approximate surface area is 336 Å². The van der Waals surface area contributed by atoms with Gasteiger partial charge >= 0.3 is 17.9 Å². The van der Waals surface area contributed by atoms with E-state index in [0.717, 1.165) is 38.5 Å². The van der Waals surface area contributed by atoms with Crippen molar-refractivity contribution in [3.63, 3.8) is 0 Å². The second-order valence-corrected chi connectivity index (χ2v) is 25.2. The second-order valence-electron chi connectivity index (χ2n) is 22.9. The maximum atomic E-state index is 13.6. The number of nitrogens with zero attached hydrogens (tertiary/aromatic N) is 1. The van der Waals surface area contributed by atoms with Crippen molar-refractivity contribution in [3.8, 4) is 0 Å². The number of ether oxygens (including phenoxy) is 1. The number of nitrogens with one attached hydrogen (secondary N) is 1. The Morgan fingerprint density at radius 3 is 2.02 bits per heavy atom. The molecule has 3 N–H and O–H groups in total. The van der Waals surface area contributed by atoms with E-state index in [4.69, 9.17) is 4.74 Å². The number of rotatable bonds is 9. The van der Waals surface area contributed by atoms with Crippen molar-refractivity contribution >= 4 is 27.7 Å². The van der Waals surface area contributed by atoms with Crippen molar-refractivity contribution in [1.82, 2.24) is 10.2 Å². The van der Waals surface area contributed by atoms with E-state index in [9.17, 15) is 33.0 Å². The summed E-state index contributed by atoms with van der Waals surface area (Å²) >= 11 is 0. The molecular formula is C45H72N2O8S. The molecule has 7 saturated carbocycles. The number of hydrogen-bond acceptors (Lipinski definition) is 8. The fourth-order valence-corrected chi connectivity index (χ4v) is 17.3. The summed E-state index contributed by atoms with van der Waals surface area (Å²) in [5.41, 5.74) is -0.0770. The Morgan fingerprint density at radius 2 is 1.41 bits per heavy atom. The van der Waals surface area contributed by atoms with Crippen molar-refractivity contribution in [2.75, 3.05) is 31.1 Å². The summed E-state index contributed by atoms with van der Waals surface area (Å²) in [7, 11) is -3.11. The SMILES string of the molecule is CC1([C@@H]2CC[C@]3(NCC(C(=O)O)N4CCS(=O)(=O)CC4)CC[C@]4(C)[C@H](CC[C@@H]5[C@@]6(C)CC[C@H](OC(=O)[C@H]7C[C@@H](C(=O)O)C7(C)C)C(C)(C)[C@@H]6CC[C@]54C)[C@@H]23)CC1. The quantitative estimate of drug-likeness (QED) is 0.207. The van der Waals surface area contributed by atoms with Crippen LogP contribution in [0.2, 0.25) is 0 Å².